The second-order valence-electron chi connectivity index (χ2n) is 7.40. The highest BCUT2D eigenvalue weighted by Crippen LogP contribution is 2.37. The van der Waals surface area contributed by atoms with E-state index in [1.165, 1.54) is 25.2 Å². The first-order valence-corrected chi connectivity index (χ1v) is 11.4. The fraction of sp³-hybridized carbons (Fsp3) is 0.240. The first kappa shape index (κ1) is 26.7. The van der Waals surface area contributed by atoms with Crippen LogP contribution in [-0.2, 0) is 16.1 Å². The van der Waals surface area contributed by atoms with E-state index in [1.54, 1.807) is 6.92 Å². The molecule has 1 heterocycles. The summed E-state index contributed by atoms with van der Waals surface area (Å²) in [6.07, 6.45) is 0. The molecule has 0 radical (unpaired) electrons. The third-order valence-electron chi connectivity index (χ3n) is 5.05. The fourth-order valence-corrected chi connectivity index (χ4v) is 3.62. The Morgan fingerprint density at radius 2 is 1.86 bits per heavy atom. The van der Waals surface area contributed by atoms with Crippen molar-refractivity contribution >= 4 is 24.3 Å². The highest BCUT2D eigenvalue weighted by molar-refractivity contribution is 7.80. The van der Waals surface area contributed by atoms with Crippen LogP contribution in [0.2, 0.25) is 0 Å². The van der Waals surface area contributed by atoms with Crippen molar-refractivity contribution in [2.24, 2.45) is 0 Å². The summed E-state index contributed by atoms with van der Waals surface area (Å²) in [5.41, 5.74) is 0.0771. The number of benzene rings is 2. The molecule has 2 aromatic carbocycles. The second-order valence-corrected chi connectivity index (χ2v) is 7.76. The molecular formula is C25H22F3N3O4S. The minimum absolute atomic E-state index is 0.0297. The van der Waals surface area contributed by atoms with E-state index in [0.29, 0.717) is 0 Å². The summed E-state index contributed by atoms with van der Waals surface area (Å²) in [7, 11) is 1.19. The van der Waals surface area contributed by atoms with Gasteiger partial charge in [0.05, 0.1) is 18.2 Å². The highest BCUT2D eigenvalue weighted by atomic mass is 32.1. The Balaban J connectivity index is 1.99. The zero-order valence-corrected chi connectivity index (χ0v) is 20.3. The molecule has 0 aliphatic carbocycles. The number of carbonyl (C=O) groups excluding carboxylic acids is 1. The van der Waals surface area contributed by atoms with Gasteiger partial charge >= 0.3 is 5.97 Å². The lowest BCUT2D eigenvalue weighted by atomic mass is 10.2. The lowest BCUT2D eigenvalue weighted by Crippen LogP contribution is -2.42. The molecule has 0 aliphatic rings. The van der Waals surface area contributed by atoms with Crippen LogP contribution in [-0.4, -0.2) is 36.4 Å². The zero-order valence-electron chi connectivity index (χ0n) is 19.4. The van der Waals surface area contributed by atoms with Crippen molar-refractivity contribution in [2.75, 3.05) is 24.3 Å². The minimum atomic E-state index is -1.65. The summed E-state index contributed by atoms with van der Waals surface area (Å²) < 4.78 is 60.7. The van der Waals surface area contributed by atoms with Gasteiger partial charge in [-0.3, -0.25) is 0 Å². The maximum absolute atomic E-state index is 15.4. The molecule has 0 bridgehead atoms. The molecule has 3 aromatic rings. The standard InChI is InChI=1S/C25H22F3N3O4S/c1-3-33-25(32)17(14-36)31(2)22-20(26)23(28)30-24(21(22)27)35-19-11-16(12-29)9-10-18(19)34-13-15-7-5-4-6-8-15/h4-11,17,36H,3,13-14H2,1-2H3. The normalized spacial score (nSPS) is 11.4. The van der Waals surface area contributed by atoms with E-state index in [0.717, 1.165) is 10.5 Å². The number of thiol groups is 1. The molecule has 11 heteroatoms. The van der Waals surface area contributed by atoms with Gasteiger partial charge in [0.25, 0.3) is 11.8 Å². The Morgan fingerprint density at radius 1 is 1.14 bits per heavy atom. The molecule has 188 valence electrons. The Labute approximate surface area is 211 Å². The molecule has 1 atom stereocenters. The SMILES string of the molecule is CCOC(=O)C(CS)N(C)c1c(F)c(F)nc(Oc2cc(C#N)ccc2OCc2ccccc2)c1F. The molecule has 1 unspecified atom stereocenters. The summed E-state index contributed by atoms with van der Waals surface area (Å²) in [5.74, 6) is -6.57. The van der Waals surface area contributed by atoms with Crippen LogP contribution in [0.1, 0.15) is 18.1 Å². The number of hydrogen-bond acceptors (Lipinski definition) is 8. The van der Waals surface area contributed by atoms with Crippen molar-refractivity contribution in [1.29, 1.82) is 5.26 Å². The molecule has 0 saturated heterocycles. The number of anilines is 1. The largest absolute Gasteiger partial charge is 0.485 e. The van der Waals surface area contributed by atoms with Crippen molar-refractivity contribution in [1.82, 2.24) is 4.98 Å². The van der Waals surface area contributed by atoms with Gasteiger partial charge < -0.3 is 19.1 Å². The average molecular weight is 518 g/mol. The van der Waals surface area contributed by atoms with Crippen LogP contribution in [0.3, 0.4) is 0 Å². The molecule has 0 fully saturated rings. The minimum Gasteiger partial charge on any atom is -0.485 e. The number of halogens is 3. The molecule has 3 rings (SSSR count). The quantitative estimate of drug-likeness (QED) is 0.229. The third kappa shape index (κ3) is 6.01. The smallest absolute Gasteiger partial charge is 0.329 e. The monoisotopic (exact) mass is 517 g/mol. The lowest BCUT2D eigenvalue weighted by molar-refractivity contribution is -0.144. The molecular weight excluding hydrogens is 495 g/mol. The Kier molecular flexibility index (Phi) is 9.02. The summed E-state index contributed by atoms with van der Waals surface area (Å²) in [6, 6.07) is 14.0. The fourth-order valence-electron chi connectivity index (χ4n) is 3.23. The van der Waals surface area contributed by atoms with E-state index in [-0.39, 0.29) is 36.0 Å². The van der Waals surface area contributed by atoms with Gasteiger partial charge in [0.15, 0.2) is 11.5 Å². The van der Waals surface area contributed by atoms with Crippen LogP contribution >= 0.6 is 12.6 Å². The summed E-state index contributed by atoms with van der Waals surface area (Å²) in [5, 5.41) is 9.26. The van der Waals surface area contributed by atoms with Gasteiger partial charge in [-0.15, -0.1) is 0 Å². The number of esters is 1. The first-order chi connectivity index (χ1) is 17.3. The highest BCUT2D eigenvalue weighted by Gasteiger charge is 2.32. The van der Waals surface area contributed by atoms with E-state index < -0.39 is 41.2 Å². The Bertz CT molecular complexity index is 1270. The average Bonchev–Trinajstić information content (AvgIpc) is 2.87. The molecule has 0 amide bonds. The van der Waals surface area contributed by atoms with Crippen molar-refractivity contribution in [3.63, 3.8) is 0 Å². The van der Waals surface area contributed by atoms with Crippen LogP contribution in [0.4, 0.5) is 18.9 Å². The number of nitrogens with zero attached hydrogens (tertiary/aromatic N) is 3. The maximum atomic E-state index is 15.4. The number of ether oxygens (including phenoxy) is 3. The van der Waals surface area contributed by atoms with Gasteiger partial charge in [-0.25, -0.2) is 4.79 Å². The van der Waals surface area contributed by atoms with Crippen LogP contribution in [0.15, 0.2) is 48.5 Å². The van der Waals surface area contributed by atoms with Gasteiger partial charge in [-0.05, 0) is 24.6 Å². The van der Waals surface area contributed by atoms with E-state index >= 15 is 4.39 Å². The second kappa shape index (κ2) is 12.2. The summed E-state index contributed by atoms with van der Waals surface area (Å²) in [6.45, 7) is 1.72. The van der Waals surface area contributed by atoms with Crippen molar-refractivity contribution in [3.8, 4) is 23.4 Å². The number of hydrogen-bond donors (Lipinski definition) is 1. The molecule has 36 heavy (non-hydrogen) atoms. The predicted octanol–water partition coefficient (Wildman–Crippen LogP) is 5.04. The van der Waals surface area contributed by atoms with E-state index in [9.17, 15) is 18.8 Å². The van der Waals surface area contributed by atoms with Gasteiger partial charge in [0, 0.05) is 18.9 Å². The van der Waals surface area contributed by atoms with Crippen LogP contribution in [0.5, 0.6) is 17.4 Å². The molecule has 1 aromatic heterocycles. The Hall–Kier alpha value is -3.91. The molecule has 0 aliphatic heterocycles. The Morgan fingerprint density at radius 3 is 2.50 bits per heavy atom. The number of rotatable bonds is 10. The van der Waals surface area contributed by atoms with Gasteiger partial charge in [0.2, 0.25) is 11.6 Å². The number of carbonyl (C=O) groups is 1. The molecule has 0 N–H and O–H groups in total. The summed E-state index contributed by atoms with van der Waals surface area (Å²) in [4.78, 5) is 16.4. The van der Waals surface area contributed by atoms with E-state index in [4.69, 9.17) is 14.2 Å². The number of nitriles is 1. The predicted molar refractivity (Wildman–Crippen MR) is 129 cm³/mol. The van der Waals surface area contributed by atoms with E-state index in [2.05, 4.69) is 17.6 Å². The first-order valence-electron chi connectivity index (χ1n) is 10.7. The van der Waals surface area contributed by atoms with E-state index in [1.807, 2.05) is 36.4 Å². The van der Waals surface area contributed by atoms with Crippen LogP contribution in [0.25, 0.3) is 0 Å². The van der Waals surface area contributed by atoms with Crippen LogP contribution in [0, 0.1) is 28.9 Å². The number of likely N-dealkylation sites (N-methyl/N-ethyl adjacent to an activating group) is 1. The third-order valence-corrected chi connectivity index (χ3v) is 5.40. The molecule has 0 saturated carbocycles. The van der Waals surface area contributed by atoms with Gasteiger partial charge in [0.1, 0.15) is 18.3 Å². The zero-order chi connectivity index (χ0) is 26.2. The number of pyridine rings is 1. The topological polar surface area (TPSA) is 84.7 Å². The van der Waals surface area contributed by atoms with Crippen molar-refractivity contribution < 1.29 is 32.2 Å². The maximum Gasteiger partial charge on any atom is 0.329 e. The summed E-state index contributed by atoms with van der Waals surface area (Å²) >= 11 is 4.05. The van der Waals surface area contributed by atoms with Gasteiger partial charge in [-0.1, -0.05) is 30.3 Å². The molecule has 0 spiro atoms. The van der Waals surface area contributed by atoms with Crippen LogP contribution < -0.4 is 14.4 Å². The lowest BCUT2D eigenvalue weighted by Gasteiger charge is -2.28. The van der Waals surface area contributed by atoms with Crippen molar-refractivity contribution in [2.45, 2.75) is 19.6 Å². The van der Waals surface area contributed by atoms with Gasteiger partial charge in [-0.2, -0.15) is 36.0 Å². The van der Waals surface area contributed by atoms with Crippen molar-refractivity contribution in [3.05, 3.63) is 77.2 Å². The number of aromatic nitrogens is 1. The molecule has 7 nitrogen and oxygen atoms in total.